The molecule has 0 bridgehead atoms. The van der Waals surface area contributed by atoms with Crippen LogP contribution in [0.1, 0.15) is 13.3 Å². The van der Waals surface area contributed by atoms with Crippen molar-refractivity contribution < 1.29 is 4.74 Å². The molecule has 0 atom stereocenters. The lowest BCUT2D eigenvalue weighted by Crippen LogP contribution is -2.29. The molecule has 148 valence electrons. The van der Waals surface area contributed by atoms with E-state index >= 15 is 0 Å². The van der Waals surface area contributed by atoms with Crippen molar-refractivity contribution in [2.45, 2.75) is 19.9 Å². The van der Waals surface area contributed by atoms with Gasteiger partial charge in [0.1, 0.15) is 23.2 Å². The smallest absolute Gasteiger partial charge is 0.228 e. The third-order valence-electron chi connectivity index (χ3n) is 4.58. The lowest BCUT2D eigenvalue weighted by atomic mass is 10.4. The van der Waals surface area contributed by atoms with Gasteiger partial charge >= 0.3 is 0 Å². The van der Waals surface area contributed by atoms with Crippen LogP contribution in [0.5, 0.6) is 0 Å². The topological polar surface area (TPSA) is 106 Å². The molecule has 0 amide bonds. The van der Waals surface area contributed by atoms with Crippen molar-refractivity contribution in [1.82, 2.24) is 35.0 Å². The summed E-state index contributed by atoms with van der Waals surface area (Å²) in [5.74, 6) is 2.07. The molecule has 10 nitrogen and oxygen atoms in total. The standard InChI is InChI=1S/C18H25N9O/c1-2-28-11-10-27-16-14(12-22-27)23-18(26-8-3-5-19-7-9-26)25-17(16)24-15-4-6-20-13-21-15/h4,6,12-13,19H,2-3,5,7-11H2,1H3,(H,20,21,23,24,25). The van der Waals surface area contributed by atoms with Gasteiger partial charge in [-0.2, -0.15) is 10.1 Å². The first kappa shape index (κ1) is 18.5. The SMILES string of the molecule is CCOCCn1ncc2nc(N3CCCNCC3)nc(Nc3ccncn3)c21. The Labute approximate surface area is 163 Å². The summed E-state index contributed by atoms with van der Waals surface area (Å²) >= 11 is 0. The molecule has 1 aliphatic heterocycles. The predicted molar refractivity (Wildman–Crippen MR) is 107 cm³/mol. The highest BCUT2D eigenvalue weighted by Crippen LogP contribution is 2.26. The van der Waals surface area contributed by atoms with Crippen molar-refractivity contribution in [2.75, 3.05) is 49.6 Å². The number of hydrogen-bond acceptors (Lipinski definition) is 9. The average Bonchev–Trinajstić information content (AvgIpc) is 2.94. The summed E-state index contributed by atoms with van der Waals surface area (Å²) in [6.45, 7) is 7.60. The highest BCUT2D eigenvalue weighted by Gasteiger charge is 2.18. The molecule has 1 fully saturated rings. The molecule has 3 aromatic heterocycles. The maximum absolute atomic E-state index is 5.49. The van der Waals surface area contributed by atoms with Gasteiger partial charge in [0, 0.05) is 32.4 Å². The van der Waals surface area contributed by atoms with Gasteiger partial charge in [0.05, 0.1) is 19.3 Å². The fraction of sp³-hybridized carbons (Fsp3) is 0.500. The van der Waals surface area contributed by atoms with E-state index in [-0.39, 0.29) is 0 Å². The Morgan fingerprint density at radius 3 is 3.07 bits per heavy atom. The number of ether oxygens (including phenoxy) is 1. The summed E-state index contributed by atoms with van der Waals surface area (Å²) < 4.78 is 7.37. The molecule has 4 heterocycles. The number of nitrogens with zero attached hydrogens (tertiary/aromatic N) is 7. The highest BCUT2D eigenvalue weighted by atomic mass is 16.5. The second kappa shape index (κ2) is 8.89. The van der Waals surface area contributed by atoms with Gasteiger partial charge in [0.15, 0.2) is 5.82 Å². The Morgan fingerprint density at radius 2 is 2.21 bits per heavy atom. The number of anilines is 3. The number of rotatable bonds is 7. The zero-order valence-electron chi connectivity index (χ0n) is 16.0. The third kappa shape index (κ3) is 4.18. The van der Waals surface area contributed by atoms with E-state index in [0.29, 0.717) is 37.3 Å². The molecule has 0 aromatic carbocycles. The quantitative estimate of drug-likeness (QED) is 0.582. The van der Waals surface area contributed by atoms with E-state index in [1.165, 1.54) is 6.33 Å². The molecule has 1 aliphatic rings. The minimum absolute atomic E-state index is 0.583. The van der Waals surface area contributed by atoms with Crippen LogP contribution in [0.2, 0.25) is 0 Å². The van der Waals surface area contributed by atoms with E-state index in [1.54, 1.807) is 12.4 Å². The van der Waals surface area contributed by atoms with E-state index in [1.807, 2.05) is 17.7 Å². The number of nitrogens with one attached hydrogen (secondary N) is 2. The van der Waals surface area contributed by atoms with Crippen molar-refractivity contribution in [2.24, 2.45) is 0 Å². The summed E-state index contributed by atoms with van der Waals surface area (Å²) in [4.78, 5) is 20.1. The molecule has 0 unspecified atom stereocenters. The fourth-order valence-corrected chi connectivity index (χ4v) is 3.21. The van der Waals surface area contributed by atoms with Crippen molar-refractivity contribution in [3.8, 4) is 0 Å². The number of fused-ring (bicyclic) bond motifs is 1. The summed E-state index contributed by atoms with van der Waals surface area (Å²) in [7, 11) is 0. The van der Waals surface area contributed by atoms with Gasteiger partial charge in [-0.25, -0.2) is 15.0 Å². The molecule has 0 aliphatic carbocycles. The Kier molecular flexibility index (Phi) is 5.88. The highest BCUT2D eigenvalue weighted by molar-refractivity contribution is 5.88. The minimum Gasteiger partial charge on any atom is -0.380 e. The first-order valence-electron chi connectivity index (χ1n) is 9.65. The first-order valence-corrected chi connectivity index (χ1v) is 9.65. The van der Waals surface area contributed by atoms with Crippen molar-refractivity contribution in [3.05, 3.63) is 24.8 Å². The van der Waals surface area contributed by atoms with Gasteiger partial charge < -0.3 is 20.3 Å². The normalized spacial score (nSPS) is 15.0. The van der Waals surface area contributed by atoms with Crippen LogP contribution in [0.3, 0.4) is 0 Å². The fourth-order valence-electron chi connectivity index (χ4n) is 3.21. The Hall–Kier alpha value is -2.85. The molecule has 10 heteroatoms. The Bertz CT molecular complexity index is 891. The molecular formula is C18H25N9O. The number of hydrogen-bond donors (Lipinski definition) is 2. The predicted octanol–water partition coefficient (Wildman–Crippen LogP) is 1.20. The maximum atomic E-state index is 5.49. The Balaban J connectivity index is 1.72. The van der Waals surface area contributed by atoms with Gasteiger partial charge in [0.2, 0.25) is 5.95 Å². The minimum atomic E-state index is 0.583. The zero-order chi connectivity index (χ0) is 19.2. The zero-order valence-corrected chi connectivity index (χ0v) is 16.0. The van der Waals surface area contributed by atoms with Crippen LogP contribution >= 0.6 is 0 Å². The second-order valence-corrected chi connectivity index (χ2v) is 6.48. The lowest BCUT2D eigenvalue weighted by molar-refractivity contribution is 0.137. The largest absolute Gasteiger partial charge is 0.380 e. The first-order chi connectivity index (χ1) is 13.8. The van der Waals surface area contributed by atoms with E-state index in [4.69, 9.17) is 14.7 Å². The van der Waals surface area contributed by atoms with Crippen LogP contribution in [0.25, 0.3) is 11.0 Å². The summed E-state index contributed by atoms with van der Waals surface area (Å²) in [5, 5.41) is 11.2. The van der Waals surface area contributed by atoms with Crippen LogP contribution < -0.4 is 15.5 Å². The van der Waals surface area contributed by atoms with Gasteiger partial charge in [-0.1, -0.05) is 0 Å². The van der Waals surface area contributed by atoms with Crippen LogP contribution in [0, 0.1) is 0 Å². The van der Waals surface area contributed by atoms with Gasteiger partial charge in [-0.15, -0.1) is 0 Å². The molecule has 0 spiro atoms. The van der Waals surface area contributed by atoms with E-state index in [2.05, 4.69) is 30.6 Å². The van der Waals surface area contributed by atoms with Crippen molar-refractivity contribution >= 4 is 28.6 Å². The molecule has 0 saturated carbocycles. The molecule has 1 saturated heterocycles. The third-order valence-corrected chi connectivity index (χ3v) is 4.58. The van der Waals surface area contributed by atoms with Crippen LogP contribution in [0.15, 0.2) is 24.8 Å². The molecule has 4 rings (SSSR count). The van der Waals surface area contributed by atoms with Gasteiger partial charge in [-0.3, -0.25) is 4.68 Å². The van der Waals surface area contributed by atoms with E-state index in [9.17, 15) is 0 Å². The molecule has 2 N–H and O–H groups in total. The van der Waals surface area contributed by atoms with Crippen LogP contribution in [-0.4, -0.2) is 69.1 Å². The van der Waals surface area contributed by atoms with E-state index in [0.717, 1.165) is 43.6 Å². The molecule has 0 radical (unpaired) electrons. The van der Waals surface area contributed by atoms with Crippen molar-refractivity contribution in [3.63, 3.8) is 0 Å². The Morgan fingerprint density at radius 1 is 1.25 bits per heavy atom. The summed E-state index contributed by atoms with van der Waals surface area (Å²) in [6.07, 6.45) is 6.05. The molecular weight excluding hydrogens is 358 g/mol. The van der Waals surface area contributed by atoms with Gasteiger partial charge in [0.25, 0.3) is 0 Å². The van der Waals surface area contributed by atoms with Crippen LogP contribution in [-0.2, 0) is 11.3 Å². The summed E-state index contributed by atoms with van der Waals surface area (Å²) in [6, 6.07) is 1.81. The maximum Gasteiger partial charge on any atom is 0.228 e. The lowest BCUT2D eigenvalue weighted by Gasteiger charge is -2.21. The van der Waals surface area contributed by atoms with E-state index < -0.39 is 0 Å². The number of aromatic nitrogens is 6. The monoisotopic (exact) mass is 383 g/mol. The summed E-state index contributed by atoms with van der Waals surface area (Å²) in [5.41, 5.74) is 1.64. The molecule has 3 aromatic rings. The molecule has 28 heavy (non-hydrogen) atoms. The average molecular weight is 383 g/mol. The van der Waals surface area contributed by atoms with Crippen LogP contribution in [0.4, 0.5) is 17.6 Å². The second-order valence-electron chi connectivity index (χ2n) is 6.48. The van der Waals surface area contributed by atoms with Crippen molar-refractivity contribution in [1.29, 1.82) is 0 Å². The van der Waals surface area contributed by atoms with Gasteiger partial charge in [-0.05, 0) is 26.0 Å².